The second kappa shape index (κ2) is 5.20. The lowest BCUT2D eigenvalue weighted by Gasteiger charge is -2.19. The molecule has 6 heteroatoms. The number of carbonyl (C=O) groups is 1. The lowest BCUT2D eigenvalue weighted by molar-refractivity contribution is 0.0523. The van der Waals surface area contributed by atoms with Crippen molar-refractivity contribution in [3.63, 3.8) is 0 Å². The summed E-state index contributed by atoms with van der Waals surface area (Å²) in [5.41, 5.74) is -1.02. The van der Waals surface area contributed by atoms with Crippen LogP contribution in [0.15, 0.2) is 12.1 Å². The molecular formula is C12H15F2NO3. The number of rotatable bonds is 2. The van der Waals surface area contributed by atoms with Crippen molar-refractivity contribution in [2.75, 3.05) is 0 Å². The van der Waals surface area contributed by atoms with E-state index < -0.39 is 29.1 Å². The van der Waals surface area contributed by atoms with Gasteiger partial charge in [0.15, 0.2) is 0 Å². The van der Waals surface area contributed by atoms with Crippen molar-refractivity contribution < 1.29 is 23.4 Å². The SMILES string of the molecule is CC(C)(C)OC(=O)NCc1c(F)cc(O)cc1F. The zero-order valence-corrected chi connectivity index (χ0v) is 10.4. The highest BCUT2D eigenvalue weighted by molar-refractivity contribution is 5.67. The van der Waals surface area contributed by atoms with Gasteiger partial charge in [0.05, 0.1) is 6.54 Å². The van der Waals surface area contributed by atoms with E-state index in [0.29, 0.717) is 0 Å². The number of amides is 1. The summed E-state index contributed by atoms with van der Waals surface area (Å²) in [7, 11) is 0. The third kappa shape index (κ3) is 4.20. The van der Waals surface area contributed by atoms with Crippen LogP contribution in [0.5, 0.6) is 5.75 Å². The molecule has 1 amide bonds. The predicted molar refractivity (Wildman–Crippen MR) is 61.1 cm³/mol. The summed E-state index contributed by atoms with van der Waals surface area (Å²) < 4.78 is 31.5. The molecule has 0 bridgehead atoms. The minimum Gasteiger partial charge on any atom is -0.508 e. The molecule has 0 atom stereocenters. The molecule has 4 nitrogen and oxygen atoms in total. The molecule has 0 spiro atoms. The van der Waals surface area contributed by atoms with Crippen molar-refractivity contribution in [1.82, 2.24) is 5.32 Å². The monoisotopic (exact) mass is 259 g/mol. The van der Waals surface area contributed by atoms with Crippen LogP contribution < -0.4 is 5.32 Å². The van der Waals surface area contributed by atoms with Crippen LogP contribution in [0.4, 0.5) is 13.6 Å². The van der Waals surface area contributed by atoms with E-state index in [-0.39, 0.29) is 12.1 Å². The number of hydrogen-bond donors (Lipinski definition) is 2. The van der Waals surface area contributed by atoms with Crippen LogP contribution in [0.1, 0.15) is 26.3 Å². The molecule has 0 aliphatic carbocycles. The fourth-order valence-electron chi connectivity index (χ4n) is 1.23. The number of phenolic OH excluding ortho intramolecular Hbond substituents is 1. The smallest absolute Gasteiger partial charge is 0.407 e. The minimum atomic E-state index is -0.927. The molecule has 0 heterocycles. The topological polar surface area (TPSA) is 58.6 Å². The Morgan fingerprint density at radius 3 is 2.28 bits per heavy atom. The van der Waals surface area contributed by atoms with Gasteiger partial charge < -0.3 is 15.2 Å². The Morgan fingerprint density at radius 1 is 1.33 bits per heavy atom. The van der Waals surface area contributed by atoms with E-state index in [9.17, 15) is 13.6 Å². The molecule has 0 aliphatic heterocycles. The molecule has 0 saturated heterocycles. The third-order valence-corrected chi connectivity index (χ3v) is 1.93. The number of nitrogens with one attached hydrogen (secondary N) is 1. The second-order valence-electron chi connectivity index (χ2n) is 4.74. The van der Waals surface area contributed by atoms with Crippen LogP contribution in [0, 0.1) is 11.6 Å². The van der Waals surface area contributed by atoms with Crippen molar-refractivity contribution in [3.05, 3.63) is 29.3 Å². The van der Waals surface area contributed by atoms with Gasteiger partial charge in [-0.15, -0.1) is 0 Å². The summed E-state index contributed by atoms with van der Waals surface area (Å²) in [6.45, 7) is 4.67. The number of benzene rings is 1. The fourth-order valence-corrected chi connectivity index (χ4v) is 1.23. The zero-order valence-electron chi connectivity index (χ0n) is 10.4. The summed E-state index contributed by atoms with van der Waals surface area (Å²) in [4.78, 5) is 11.3. The molecule has 18 heavy (non-hydrogen) atoms. The first-order valence-electron chi connectivity index (χ1n) is 5.33. The van der Waals surface area contributed by atoms with Crippen LogP contribution in [-0.4, -0.2) is 16.8 Å². The van der Waals surface area contributed by atoms with Gasteiger partial charge in [-0.2, -0.15) is 0 Å². The van der Waals surface area contributed by atoms with E-state index >= 15 is 0 Å². The van der Waals surface area contributed by atoms with Crippen molar-refractivity contribution in [2.45, 2.75) is 32.9 Å². The maximum absolute atomic E-state index is 13.3. The van der Waals surface area contributed by atoms with Crippen molar-refractivity contribution in [2.24, 2.45) is 0 Å². The standard InChI is InChI=1S/C12H15F2NO3/c1-12(2,3)18-11(17)15-6-8-9(13)4-7(16)5-10(8)14/h4-5,16H,6H2,1-3H3,(H,15,17). The number of aromatic hydroxyl groups is 1. The Bertz CT molecular complexity index is 432. The minimum absolute atomic E-state index is 0.335. The lowest BCUT2D eigenvalue weighted by Crippen LogP contribution is -2.32. The maximum atomic E-state index is 13.3. The number of hydrogen-bond acceptors (Lipinski definition) is 3. The van der Waals surface area contributed by atoms with Crippen molar-refractivity contribution in [3.8, 4) is 5.75 Å². The number of alkyl carbamates (subject to hydrolysis) is 1. The molecule has 0 saturated carbocycles. The van der Waals surface area contributed by atoms with Crippen LogP contribution >= 0.6 is 0 Å². The molecule has 1 rings (SSSR count). The van der Waals surface area contributed by atoms with Gasteiger partial charge in [0.2, 0.25) is 0 Å². The summed E-state index contributed by atoms with van der Waals surface area (Å²) in [6, 6.07) is 1.55. The van der Waals surface area contributed by atoms with Crippen molar-refractivity contribution >= 4 is 6.09 Å². The number of phenols is 1. The summed E-state index contributed by atoms with van der Waals surface area (Å²) >= 11 is 0. The van der Waals surface area contributed by atoms with Crippen molar-refractivity contribution in [1.29, 1.82) is 0 Å². The predicted octanol–water partition coefficient (Wildman–Crippen LogP) is 2.70. The van der Waals surface area contributed by atoms with Crippen LogP contribution in [0.2, 0.25) is 0 Å². The quantitative estimate of drug-likeness (QED) is 0.858. The Morgan fingerprint density at radius 2 is 1.83 bits per heavy atom. The summed E-state index contributed by atoms with van der Waals surface area (Å²) in [6.07, 6.45) is -0.769. The number of halogens is 2. The van der Waals surface area contributed by atoms with Gasteiger partial charge in [0.1, 0.15) is 23.0 Å². The van der Waals surface area contributed by atoms with E-state index in [1.165, 1.54) is 0 Å². The molecule has 0 unspecified atom stereocenters. The molecule has 100 valence electrons. The van der Waals surface area contributed by atoms with E-state index in [1.54, 1.807) is 20.8 Å². The first kappa shape index (κ1) is 14.2. The van der Waals surface area contributed by atoms with Crippen LogP contribution in [0.3, 0.4) is 0 Å². The van der Waals surface area contributed by atoms with Gasteiger partial charge >= 0.3 is 6.09 Å². The van der Waals surface area contributed by atoms with Crippen LogP contribution in [-0.2, 0) is 11.3 Å². The Hall–Kier alpha value is -1.85. The van der Waals surface area contributed by atoms with Crippen LogP contribution in [0.25, 0.3) is 0 Å². The van der Waals surface area contributed by atoms with Gasteiger partial charge in [-0.05, 0) is 20.8 Å². The summed E-state index contributed by atoms with van der Waals surface area (Å²) in [5, 5.41) is 11.2. The fraction of sp³-hybridized carbons (Fsp3) is 0.417. The number of carbonyl (C=O) groups excluding carboxylic acids is 1. The van der Waals surface area contributed by atoms with Gasteiger partial charge in [-0.1, -0.05) is 0 Å². The Kier molecular flexibility index (Phi) is 4.11. The van der Waals surface area contributed by atoms with E-state index in [0.717, 1.165) is 12.1 Å². The highest BCUT2D eigenvalue weighted by atomic mass is 19.1. The average Bonchev–Trinajstić information content (AvgIpc) is 2.12. The Labute approximate surface area is 104 Å². The van der Waals surface area contributed by atoms with E-state index in [2.05, 4.69) is 5.32 Å². The molecule has 0 radical (unpaired) electrons. The maximum Gasteiger partial charge on any atom is 0.407 e. The first-order chi connectivity index (χ1) is 8.19. The molecule has 1 aromatic rings. The number of ether oxygens (including phenoxy) is 1. The van der Waals surface area contributed by atoms with E-state index in [1.807, 2.05) is 0 Å². The Balaban J connectivity index is 2.67. The first-order valence-corrected chi connectivity index (χ1v) is 5.33. The lowest BCUT2D eigenvalue weighted by atomic mass is 10.2. The second-order valence-corrected chi connectivity index (χ2v) is 4.74. The average molecular weight is 259 g/mol. The molecular weight excluding hydrogens is 244 g/mol. The largest absolute Gasteiger partial charge is 0.508 e. The third-order valence-electron chi connectivity index (χ3n) is 1.93. The highest BCUT2D eigenvalue weighted by Crippen LogP contribution is 2.19. The van der Waals surface area contributed by atoms with E-state index in [4.69, 9.17) is 9.84 Å². The molecule has 0 aromatic heterocycles. The molecule has 0 aliphatic rings. The van der Waals surface area contributed by atoms with Gasteiger partial charge in [0, 0.05) is 17.7 Å². The molecule has 0 fully saturated rings. The van der Waals surface area contributed by atoms with Gasteiger partial charge in [-0.25, -0.2) is 13.6 Å². The molecule has 2 N–H and O–H groups in total. The normalized spacial score (nSPS) is 11.2. The van der Waals surface area contributed by atoms with Gasteiger partial charge in [0.25, 0.3) is 0 Å². The zero-order chi connectivity index (χ0) is 13.9. The highest BCUT2D eigenvalue weighted by Gasteiger charge is 2.17. The molecule has 1 aromatic carbocycles. The summed E-state index contributed by atoms with van der Waals surface area (Å²) in [5.74, 6) is -2.36. The van der Waals surface area contributed by atoms with Gasteiger partial charge in [-0.3, -0.25) is 0 Å².